The van der Waals surface area contributed by atoms with Crippen LogP contribution < -0.4 is 57.1 Å². The second-order valence-corrected chi connectivity index (χ2v) is 16.1. The molecule has 0 bridgehead atoms. The summed E-state index contributed by atoms with van der Waals surface area (Å²) in [5, 5.41) is 11.1. The maximum atomic E-state index is 2.59. The monoisotopic (exact) mass is 951 g/mol. The van der Waals surface area contributed by atoms with Crippen molar-refractivity contribution in [2.45, 2.75) is 170 Å². The number of allylic oxidation sites excluding steroid dienone is 5. The Morgan fingerprint density at radius 3 is 1.78 bits per heavy atom. The van der Waals surface area contributed by atoms with Gasteiger partial charge < -0.3 is 52.9 Å². The van der Waals surface area contributed by atoms with Gasteiger partial charge >= 0.3 is 0 Å². The Morgan fingerprint density at radius 2 is 1.16 bits per heavy atom. The molecule has 0 saturated heterocycles. The highest BCUT2D eigenvalue weighted by Crippen LogP contribution is 2.35. The Morgan fingerprint density at radius 1 is 0.653 bits per heavy atom. The van der Waals surface area contributed by atoms with Crippen LogP contribution in [0.3, 0.4) is 0 Å². The van der Waals surface area contributed by atoms with Crippen LogP contribution in [0.15, 0.2) is 45.1 Å². The number of hydrogen-bond donors (Lipinski definition) is 0. The van der Waals surface area contributed by atoms with E-state index in [2.05, 4.69) is 96.0 Å². The average Bonchev–Trinajstić information content (AvgIpc) is 3.74. The highest BCUT2D eigenvalue weighted by Gasteiger charge is 2.22. The number of aromatic nitrogens is 2. The minimum atomic E-state index is 0. The Hall–Kier alpha value is -0.170. The SMILES string of the molecule is CCCCCCCCN1C(C)=CS\C1=C/C=C(/C=C/c1scc(C)[n+]1CCCCCCCC)c1scc(C)[n+]1CCCCCCCC.[I-].[I-]. The first-order valence-corrected chi connectivity index (χ1v) is 21.8. The molecule has 3 rings (SSSR count). The van der Waals surface area contributed by atoms with E-state index >= 15 is 0 Å². The number of hydrogen-bond acceptors (Lipinski definition) is 4. The lowest BCUT2D eigenvalue weighted by Crippen LogP contribution is -3.00. The average molecular weight is 952 g/mol. The molecule has 0 spiro atoms. The third-order valence-corrected chi connectivity index (χ3v) is 12.6. The van der Waals surface area contributed by atoms with E-state index in [9.17, 15) is 0 Å². The van der Waals surface area contributed by atoms with Crippen molar-refractivity contribution in [3.8, 4) is 0 Å². The molecule has 1 aliphatic rings. The van der Waals surface area contributed by atoms with Crippen LogP contribution in [0.4, 0.5) is 0 Å². The Labute approximate surface area is 348 Å². The van der Waals surface area contributed by atoms with E-state index in [1.54, 1.807) is 0 Å². The highest BCUT2D eigenvalue weighted by molar-refractivity contribution is 8.06. The summed E-state index contributed by atoms with van der Waals surface area (Å²) < 4.78 is 5.13. The molecule has 0 atom stereocenters. The molecule has 278 valence electrons. The van der Waals surface area contributed by atoms with E-state index < -0.39 is 0 Å². The fourth-order valence-electron chi connectivity index (χ4n) is 6.33. The van der Waals surface area contributed by atoms with Crippen molar-refractivity contribution in [1.29, 1.82) is 0 Å². The Kier molecular flexibility index (Phi) is 27.1. The molecule has 0 saturated carbocycles. The standard InChI is InChI=1S/C41H67N3S3.2HI/c1-7-10-13-16-19-22-29-42-35(4)32-45-39(42)27-25-38(41-44(37(6)34-47-41)31-24-21-18-15-12-9-3)26-28-40-43(36(5)33-46-40)30-23-20-17-14-11-8-2;;/h25-28,32-34H,7-24,29-31H2,1-6H3;2*1H/q+2;;/p-2. The van der Waals surface area contributed by atoms with E-state index in [0.717, 1.165) is 19.6 Å². The molecule has 1 aliphatic heterocycles. The molecule has 0 unspecified atom stereocenters. The second-order valence-electron chi connectivity index (χ2n) is 13.5. The molecule has 2 aromatic rings. The summed E-state index contributed by atoms with van der Waals surface area (Å²) in [4.78, 5) is 2.55. The number of nitrogens with zero attached hydrogens (tertiary/aromatic N) is 3. The van der Waals surface area contributed by atoms with Gasteiger partial charge in [0, 0.05) is 45.0 Å². The van der Waals surface area contributed by atoms with Crippen LogP contribution >= 0.6 is 34.4 Å². The maximum Gasteiger partial charge on any atom is 0.269 e. The number of thioether (sulfide) groups is 1. The number of thiazole rings is 2. The summed E-state index contributed by atoms with van der Waals surface area (Å²) in [6, 6.07) is 0. The largest absolute Gasteiger partial charge is 1.00 e. The Bertz CT molecular complexity index is 1290. The fourth-order valence-corrected chi connectivity index (χ4v) is 9.23. The van der Waals surface area contributed by atoms with Gasteiger partial charge in [-0.1, -0.05) is 139 Å². The molecular formula is C41H67I2N3S3. The zero-order valence-electron chi connectivity index (χ0n) is 31.7. The molecule has 0 N–H and O–H groups in total. The molecule has 2 aromatic heterocycles. The second kappa shape index (κ2) is 28.3. The van der Waals surface area contributed by atoms with Gasteiger partial charge in [-0.15, -0.1) is 0 Å². The van der Waals surface area contributed by atoms with Crippen molar-refractivity contribution < 1.29 is 57.1 Å². The molecule has 0 radical (unpaired) electrons. The predicted octanol–water partition coefficient (Wildman–Crippen LogP) is 6.94. The van der Waals surface area contributed by atoms with Crippen LogP contribution in [0.25, 0.3) is 11.6 Å². The third-order valence-electron chi connectivity index (χ3n) is 9.36. The van der Waals surface area contributed by atoms with Gasteiger partial charge in [0.25, 0.3) is 10.0 Å². The molecule has 0 amide bonds. The van der Waals surface area contributed by atoms with E-state index in [1.807, 2.05) is 34.4 Å². The minimum Gasteiger partial charge on any atom is -1.00 e. The number of unbranched alkanes of at least 4 members (excludes halogenated alkanes) is 15. The van der Waals surface area contributed by atoms with Gasteiger partial charge in [-0.05, 0) is 49.8 Å². The van der Waals surface area contributed by atoms with E-state index in [-0.39, 0.29) is 48.0 Å². The molecule has 8 heteroatoms. The quantitative estimate of drug-likeness (QED) is 0.0463. The lowest BCUT2D eigenvalue weighted by Gasteiger charge is -2.21. The maximum absolute atomic E-state index is 2.59. The normalized spacial score (nSPS) is 14.2. The summed E-state index contributed by atoms with van der Waals surface area (Å²) in [6.45, 7) is 17.1. The topological polar surface area (TPSA) is 11.0 Å². The molecular weight excluding hydrogens is 884 g/mol. The van der Waals surface area contributed by atoms with Gasteiger partial charge in [0.15, 0.2) is 11.4 Å². The van der Waals surface area contributed by atoms with Gasteiger partial charge in [-0.2, -0.15) is 9.13 Å². The zero-order valence-corrected chi connectivity index (χ0v) is 38.5. The fraction of sp³-hybridized carbons (Fsp3) is 0.659. The first-order valence-electron chi connectivity index (χ1n) is 19.2. The van der Waals surface area contributed by atoms with E-state index in [1.165, 1.54) is 153 Å². The summed E-state index contributed by atoms with van der Waals surface area (Å²) in [5.74, 6) is 0. The summed E-state index contributed by atoms with van der Waals surface area (Å²) >= 11 is 5.68. The summed E-state index contributed by atoms with van der Waals surface area (Å²) in [7, 11) is 0. The van der Waals surface area contributed by atoms with Crippen LogP contribution in [0.2, 0.25) is 0 Å². The number of halogens is 2. The zero-order chi connectivity index (χ0) is 33.7. The van der Waals surface area contributed by atoms with Crippen LogP contribution in [-0.2, 0) is 13.1 Å². The van der Waals surface area contributed by atoms with Gasteiger partial charge in [0.1, 0.15) is 13.1 Å². The van der Waals surface area contributed by atoms with Gasteiger partial charge in [0.2, 0.25) is 0 Å². The third kappa shape index (κ3) is 17.0. The number of rotatable bonds is 25. The predicted molar refractivity (Wildman–Crippen MR) is 212 cm³/mol. The van der Waals surface area contributed by atoms with Gasteiger partial charge in [-0.25, -0.2) is 0 Å². The molecule has 0 aliphatic carbocycles. The summed E-state index contributed by atoms with van der Waals surface area (Å²) in [5.41, 5.74) is 5.47. The number of aryl methyl sites for hydroxylation is 2. The van der Waals surface area contributed by atoms with E-state index in [0.29, 0.717) is 0 Å². The molecule has 0 aromatic carbocycles. The first kappa shape index (κ1) is 46.9. The van der Waals surface area contributed by atoms with Crippen molar-refractivity contribution in [3.05, 3.63) is 66.5 Å². The molecule has 3 nitrogen and oxygen atoms in total. The van der Waals surface area contributed by atoms with Crippen LogP contribution in [0, 0.1) is 13.8 Å². The van der Waals surface area contributed by atoms with Crippen molar-refractivity contribution in [3.63, 3.8) is 0 Å². The Balaban J connectivity index is 0.00000600. The first-order chi connectivity index (χ1) is 23.0. The minimum absolute atomic E-state index is 0. The van der Waals surface area contributed by atoms with Crippen molar-refractivity contribution in [1.82, 2.24) is 4.90 Å². The van der Waals surface area contributed by atoms with Crippen LogP contribution in [-0.4, -0.2) is 11.4 Å². The molecule has 49 heavy (non-hydrogen) atoms. The smallest absolute Gasteiger partial charge is 0.269 e. The van der Waals surface area contributed by atoms with Gasteiger partial charge in [-0.3, -0.25) is 0 Å². The summed E-state index contributed by atoms with van der Waals surface area (Å²) in [6.07, 6.45) is 33.6. The van der Waals surface area contributed by atoms with Crippen molar-refractivity contribution >= 4 is 46.1 Å². The highest BCUT2D eigenvalue weighted by atomic mass is 127. The van der Waals surface area contributed by atoms with Gasteiger partial charge in [0.05, 0.1) is 21.4 Å². The lowest BCUT2D eigenvalue weighted by atomic mass is 10.1. The lowest BCUT2D eigenvalue weighted by molar-refractivity contribution is -0.700. The molecule has 3 heterocycles. The van der Waals surface area contributed by atoms with Crippen LogP contribution in [0.5, 0.6) is 0 Å². The molecule has 0 fully saturated rings. The van der Waals surface area contributed by atoms with E-state index in [4.69, 9.17) is 0 Å². The van der Waals surface area contributed by atoms with Crippen LogP contribution in [0.1, 0.15) is 165 Å². The van der Waals surface area contributed by atoms with Crippen molar-refractivity contribution in [2.75, 3.05) is 6.54 Å². The van der Waals surface area contributed by atoms with Crippen molar-refractivity contribution in [2.24, 2.45) is 0 Å².